The summed E-state index contributed by atoms with van der Waals surface area (Å²) in [7, 11) is -2.43. The number of amides is 1. The van der Waals surface area contributed by atoms with Gasteiger partial charge < -0.3 is 14.8 Å². The molecule has 1 atom stereocenters. The van der Waals surface area contributed by atoms with E-state index >= 15 is 0 Å². The van der Waals surface area contributed by atoms with Gasteiger partial charge in [-0.25, -0.2) is 13.1 Å². The molecule has 3 rings (SSSR count). The smallest absolute Gasteiger partial charge is 0.416 e. The molecule has 0 saturated carbocycles. The number of carbonyl (C=O) groups excluding carboxylic acids is 1. The second-order valence-electron chi connectivity index (χ2n) is 8.76. The summed E-state index contributed by atoms with van der Waals surface area (Å²) in [6.45, 7) is -0.876. The molecular formula is C24H25F6N3O5S. The average Bonchev–Trinajstić information content (AvgIpc) is 2.84. The van der Waals surface area contributed by atoms with Gasteiger partial charge in [0.25, 0.3) is 0 Å². The zero-order chi connectivity index (χ0) is 29.1. The van der Waals surface area contributed by atoms with Gasteiger partial charge in [-0.05, 0) is 41.8 Å². The van der Waals surface area contributed by atoms with E-state index < -0.39 is 53.2 Å². The van der Waals surface area contributed by atoms with Crippen molar-refractivity contribution in [2.24, 2.45) is 0 Å². The molecule has 0 saturated heterocycles. The summed E-state index contributed by atoms with van der Waals surface area (Å²) in [6, 6.07) is 7.24. The number of sulfonamides is 1. The Morgan fingerprint density at radius 3 is 2.21 bits per heavy atom. The molecule has 0 aliphatic carbocycles. The van der Waals surface area contributed by atoms with Crippen LogP contribution in [0, 0.1) is 0 Å². The minimum atomic E-state index is -5.02. The molecule has 2 N–H and O–H groups in total. The van der Waals surface area contributed by atoms with Crippen LogP contribution in [0.25, 0.3) is 5.57 Å². The monoisotopic (exact) mass is 581 g/mol. The highest BCUT2D eigenvalue weighted by Gasteiger charge is 2.59. The lowest BCUT2D eigenvalue weighted by Gasteiger charge is -2.41. The fourth-order valence-electron chi connectivity index (χ4n) is 3.94. The Kier molecular flexibility index (Phi) is 8.85. The van der Waals surface area contributed by atoms with Gasteiger partial charge in [0.1, 0.15) is 11.5 Å². The molecule has 1 aromatic carbocycles. The Balaban J connectivity index is 2.00. The highest BCUT2D eigenvalue weighted by molar-refractivity contribution is 7.88. The molecule has 1 aromatic heterocycles. The van der Waals surface area contributed by atoms with Gasteiger partial charge in [-0.3, -0.25) is 9.78 Å². The third-order valence-electron chi connectivity index (χ3n) is 5.90. The number of benzene rings is 1. The van der Waals surface area contributed by atoms with Crippen molar-refractivity contribution in [2.75, 3.05) is 26.5 Å². The summed E-state index contributed by atoms with van der Waals surface area (Å²) in [5, 5.41) is 2.01. The van der Waals surface area contributed by atoms with Crippen LogP contribution < -0.4 is 19.5 Å². The second-order valence-corrected chi connectivity index (χ2v) is 10.6. The van der Waals surface area contributed by atoms with Gasteiger partial charge >= 0.3 is 12.4 Å². The highest BCUT2D eigenvalue weighted by Crippen LogP contribution is 2.48. The summed E-state index contributed by atoms with van der Waals surface area (Å²) in [5.74, 6) is -0.802. The molecule has 39 heavy (non-hydrogen) atoms. The third-order valence-corrected chi connectivity index (χ3v) is 6.57. The average molecular weight is 582 g/mol. The molecule has 0 unspecified atom stereocenters. The number of carbonyl (C=O) groups is 1. The van der Waals surface area contributed by atoms with E-state index in [2.05, 4.69) is 9.71 Å². The maximum Gasteiger partial charge on any atom is 0.416 e. The molecule has 214 valence electrons. The van der Waals surface area contributed by atoms with Crippen LogP contribution in [-0.4, -0.2) is 58.2 Å². The van der Waals surface area contributed by atoms with E-state index in [4.69, 9.17) is 9.47 Å². The first-order valence-electron chi connectivity index (χ1n) is 11.4. The van der Waals surface area contributed by atoms with E-state index in [9.17, 15) is 39.6 Å². The van der Waals surface area contributed by atoms with Gasteiger partial charge in [0.2, 0.25) is 15.9 Å². The summed E-state index contributed by atoms with van der Waals surface area (Å²) in [5.41, 5.74) is -3.67. The summed E-state index contributed by atoms with van der Waals surface area (Å²) in [4.78, 5) is 17.2. The van der Waals surface area contributed by atoms with E-state index in [1.165, 1.54) is 25.4 Å². The number of hydrogen-bond acceptors (Lipinski definition) is 6. The molecule has 2 aromatic rings. The zero-order valence-corrected chi connectivity index (χ0v) is 21.6. The van der Waals surface area contributed by atoms with Crippen LogP contribution >= 0.6 is 0 Å². The molecule has 0 spiro atoms. The minimum Gasteiger partial charge on any atom is -0.495 e. The van der Waals surface area contributed by atoms with Crippen molar-refractivity contribution >= 4 is 21.5 Å². The predicted molar refractivity (Wildman–Crippen MR) is 128 cm³/mol. The van der Waals surface area contributed by atoms with Gasteiger partial charge in [0.15, 0.2) is 5.54 Å². The molecule has 8 nitrogen and oxygen atoms in total. The molecule has 0 fully saturated rings. The van der Waals surface area contributed by atoms with E-state index in [-0.39, 0.29) is 41.2 Å². The highest BCUT2D eigenvalue weighted by atomic mass is 32.2. The normalized spacial score (nSPS) is 18.6. The van der Waals surface area contributed by atoms with Crippen molar-refractivity contribution in [1.29, 1.82) is 0 Å². The zero-order valence-electron chi connectivity index (χ0n) is 20.7. The lowest BCUT2D eigenvalue weighted by atomic mass is 9.77. The van der Waals surface area contributed by atoms with Crippen molar-refractivity contribution in [3.05, 3.63) is 59.4 Å². The number of aromatic nitrogens is 1. The summed E-state index contributed by atoms with van der Waals surface area (Å²) < 4.78 is 117. The standard InChI is InChI=1S/C24H25F6N3O5S/c1-37-17-8-9-20(31-13-17)18-12-22(24(28,29)30,33-21(34)19(18)14-32-39(2,35)36)15-4-6-16(7-5-15)38-11-3-10-23(25,26)27/h4-9,13,32H,3,10-12,14H2,1-2H3,(H,33,34)/t22-/m0/s1. The fourth-order valence-corrected chi connectivity index (χ4v) is 4.35. The van der Waals surface area contributed by atoms with E-state index in [1.54, 1.807) is 0 Å². The first-order chi connectivity index (χ1) is 18.0. The van der Waals surface area contributed by atoms with Crippen molar-refractivity contribution in [3.63, 3.8) is 0 Å². The third kappa shape index (κ3) is 7.62. The molecule has 15 heteroatoms. The molecule has 2 heterocycles. The van der Waals surface area contributed by atoms with Gasteiger partial charge in [-0.2, -0.15) is 26.3 Å². The Labute approximate surface area is 220 Å². The van der Waals surface area contributed by atoms with Crippen LogP contribution in [0.3, 0.4) is 0 Å². The SMILES string of the molecule is COc1ccc(C2=C(CNS(C)(=O)=O)C(=O)N[C@@](c3ccc(OCCCC(F)(F)F)cc3)(C(F)(F)F)C2)nc1. The number of alkyl halides is 6. The molecule has 1 aliphatic heterocycles. The Morgan fingerprint density at radius 2 is 1.69 bits per heavy atom. The number of halogens is 6. The van der Waals surface area contributed by atoms with Gasteiger partial charge in [-0.15, -0.1) is 0 Å². The molecular weight excluding hydrogens is 556 g/mol. The lowest BCUT2D eigenvalue weighted by molar-refractivity contribution is -0.201. The van der Waals surface area contributed by atoms with Crippen LogP contribution in [0.15, 0.2) is 48.2 Å². The van der Waals surface area contributed by atoms with Crippen molar-refractivity contribution in [3.8, 4) is 11.5 Å². The number of pyridine rings is 1. The fraction of sp³-hybridized carbons (Fsp3) is 0.417. The number of hydrogen-bond donors (Lipinski definition) is 2. The topological polar surface area (TPSA) is 107 Å². The van der Waals surface area contributed by atoms with Gasteiger partial charge in [-0.1, -0.05) is 12.1 Å². The van der Waals surface area contributed by atoms with Crippen molar-refractivity contribution < 1.29 is 49.0 Å². The molecule has 1 amide bonds. The van der Waals surface area contributed by atoms with Gasteiger partial charge in [0, 0.05) is 25.0 Å². The number of nitrogens with one attached hydrogen (secondary N) is 2. The first kappa shape index (κ1) is 30.2. The van der Waals surface area contributed by atoms with E-state index in [0.29, 0.717) is 5.75 Å². The minimum absolute atomic E-state index is 0.00851. The number of nitrogens with zero attached hydrogens (tertiary/aromatic N) is 1. The molecule has 0 radical (unpaired) electrons. The van der Waals surface area contributed by atoms with E-state index in [0.717, 1.165) is 30.5 Å². The van der Waals surface area contributed by atoms with Crippen LogP contribution in [0.5, 0.6) is 11.5 Å². The summed E-state index contributed by atoms with van der Waals surface area (Å²) >= 11 is 0. The first-order valence-corrected chi connectivity index (χ1v) is 13.3. The molecule has 0 bridgehead atoms. The Hall–Kier alpha value is -3.33. The Morgan fingerprint density at radius 1 is 1.05 bits per heavy atom. The largest absolute Gasteiger partial charge is 0.495 e. The van der Waals surface area contributed by atoms with Gasteiger partial charge in [0.05, 0.1) is 31.9 Å². The summed E-state index contributed by atoms with van der Waals surface area (Å²) in [6.07, 6.45) is -9.52. The van der Waals surface area contributed by atoms with Crippen molar-refractivity contribution in [2.45, 2.75) is 37.2 Å². The van der Waals surface area contributed by atoms with Crippen LogP contribution in [0.4, 0.5) is 26.3 Å². The van der Waals surface area contributed by atoms with Crippen LogP contribution in [0.2, 0.25) is 0 Å². The predicted octanol–water partition coefficient (Wildman–Crippen LogP) is 4.09. The quantitative estimate of drug-likeness (QED) is 0.324. The lowest BCUT2D eigenvalue weighted by Crippen LogP contribution is -2.59. The molecule has 1 aliphatic rings. The maximum absolute atomic E-state index is 14.7. The Bertz CT molecular complexity index is 1310. The number of rotatable bonds is 10. The van der Waals surface area contributed by atoms with Crippen molar-refractivity contribution in [1.82, 2.24) is 15.0 Å². The number of ether oxygens (including phenoxy) is 2. The maximum atomic E-state index is 14.7. The van der Waals surface area contributed by atoms with E-state index in [1.807, 2.05) is 5.32 Å². The van der Waals surface area contributed by atoms with Crippen LogP contribution in [-0.2, 0) is 20.4 Å². The van der Waals surface area contributed by atoms with Crippen LogP contribution in [0.1, 0.15) is 30.5 Å². The number of methoxy groups -OCH3 is 1. The second kappa shape index (κ2) is 11.4.